The molecule has 0 unspecified atom stereocenters. The molecule has 1 aromatic rings. The molecule has 0 bridgehead atoms. The van der Waals surface area contributed by atoms with Crippen molar-refractivity contribution >= 4 is 17.7 Å². The maximum absolute atomic E-state index is 12.9. The van der Waals surface area contributed by atoms with E-state index in [-0.39, 0.29) is 11.4 Å². The van der Waals surface area contributed by atoms with Gasteiger partial charge in [0, 0.05) is 6.08 Å². The number of hydrogen-bond donors (Lipinski definition) is 1. The molecule has 2 N–H and O–H groups in total. The Hall–Kier alpha value is -1.67. The second kappa shape index (κ2) is 1.90. The Morgan fingerprint density at radius 1 is 1.64 bits per heavy atom. The fraction of sp³-hybridized carbons (Fsp3) is 0. The van der Waals surface area contributed by atoms with Crippen LogP contribution in [0.1, 0.15) is 11.3 Å². The number of rotatable bonds is 0. The standard InChI is InChI=1S/C7H4FN2O/c8-4-2-1-3-5-6(4)7(9)10-11-5/h2-3H,(H2,9,10)/q+1. The maximum Gasteiger partial charge on any atom is 0.287 e. The van der Waals surface area contributed by atoms with E-state index in [1.165, 1.54) is 12.2 Å². The van der Waals surface area contributed by atoms with Crippen LogP contribution in [0.5, 0.6) is 0 Å². The number of allylic oxidation sites excluding steroid dienone is 2. The fourth-order valence-corrected chi connectivity index (χ4v) is 0.917. The molecule has 1 aliphatic carbocycles. The zero-order valence-electron chi connectivity index (χ0n) is 5.47. The summed E-state index contributed by atoms with van der Waals surface area (Å²) in [4.78, 5) is 0. The van der Waals surface area contributed by atoms with Crippen molar-refractivity contribution in [3.05, 3.63) is 23.5 Å². The topological polar surface area (TPSA) is 52.0 Å². The van der Waals surface area contributed by atoms with Crippen LogP contribution < -0.4 is 5.73 Å². The Bertz CT molecular complexity index is 351. The first-order valence-corrected chi connectivity index (χ1v) is 2.99. The van der Waals surface area contributed by atoms with E-state index in [0.717, 1.165) is 0 Å². The molecule has 1 aromatic heterocycles. The second-order valence-corrected chi connectivity index (χ2v) is 2.11. The van der Waals surface area contributed by atoms with Gasteiger partial charge in [0.05, 0.1) is 0 Å². The summed E-state index contributed by atoms with van der Waals surface area (Å²) < 4.78 is 17.6. The highest BCUT2D eigenvalue weighted by Gasteiger charge is 2.27. The van der Waals surface area contributed by atoms with Crippen molar-refractivity contribution in [1.82, 2.24) is 5.16 Å². The lowest BCUT2D eigenvalue weighted by molar-refractivity contribution is 0.415. The molecule has 0 radical (unpaired) electrons. The molecule has 0 spiro atoms. The van der Waals surface area contributed by atoms with Gasteiger partial charge in [0.25, 0.3) is 11.6 Å². The predicted molar refractivity (Wildman–Crippen MR) is 37.7 cm³/mol. The van der Waals surface area contributed by atoms with Gasteiger partial charge >= 0.3 is 0 Å². The van der Waals surface area contributed by atoms with Gasteiger partial charge in [0.15, 0.2) is 6.08 Å². The molecule has 0 saturated heterocycles. The van der Waals surface area contributed by atoms with E-state index in [4.69, 9.17) is 5.73 Å². The molecule has 0 amide bonds. The van der Waals surface area contributed by atoms with Crippen LogP contribution in [-0.4, -0.2) is 5.16 Å². The lowest BCUT2D eigenvalue weighted by Gasteiger charge is -1.86. The minimum Gasteiger partial charge on any atom is -0.378 e. The van der Waals surface area contributed by atoms with Gasteiger partial charge in [-0.1, -0.05) is 0 Å². The van der Waals surface area contributed by atoms with Crippen molar-refractivity contribution < 1.29 is 8.91 Å². The molecule has 0 saturated carbocycles. The predicted octanol–water partition coefficient (Wildman–Crippen LogP) is 1.40. The smallest absolute Gasteiger partial charge is 0.287 e. The summed E-state index contributed by atoms with van der Waals surface area (Å²) in [6.45, 7) is 0. The summed E-state index contributed by atoms with van der Waals surface area (Å²) in [7, 11) is 0. The summed E-state index contributed by atoms with van der Waals surface area (Å²) in [5.74, 6) is -0.0600. The Balaban J connectivity index is 2.71. The van der Waals surface area contributed by atoms with Gasteiger partial charge in [0.1, 0.15) is 6.08 Å². The number of fused-ring (bicyclic) bond motifs is 1. The van der Waals surface area contributed by atoms with E-state index in [0.29, 0.717) is 5.76 Å². The van der Waals surface area contributed by atoms with Crippen LogP contribution in [0.15, 0.2) is 10.6 Å². The Morgan fingerprint density at radius 3 is 3.18 bits per heavy atom. The number of nitrogens with two attached hydrogens (primary N) is 1. The van der Waals surface area contributed by atoms with Crippen molar-refractivity contribution in [2.24, 2.45) is 0 Å². The third kappa shape index (κ3) is 0.734. The highest BCUT2D eigenvalue weighted by atomic mass is 19.1. The minimum absolute atomic E-state index is 0.0755. The summed E-state index contributed by atoms with van der Waals surface area (Å²) >= 11 is 0. The van der Waals surface area contributed by atoms with Gasteiger partial charge in [-0.25, -0.2) is 0 Å². The number of halogens is 1. The Kier molecular flexibility index (Phi) is 1.05. The number of aromatic nitrogens is 1. The average molecular weight is 151 g/mol. The molecule has 0 fully saturated rings. The molecular weight excluding hydrogens is 147 g/mol. The number of nitrogens with zero attached hydrogens (tertiary/aromatic N) is 1. The molecule has 1 aliphatic rings. The fourth-order valence-electron chi connectivity index (χ4n) is 0.917. The van der Waals surface area contributed by atoms with E-state index >= 15 is 0 Å². The monoisotopic (exact) mass is 151 g/mol. The SMILES string of the molecule is Nc1noc2c1C(F)=C[C+]=C2. The first kappa shape index (κ1) is 6.07. The summed E-state index contributed by atoms with van der Waals surface area (Å²) in [6, 6.07) is 0. The molecule has 11 heavy (non-hydrogen) atoms. The molecule has 0 aromatic carbocycles. The van der Waals surface area contributed by atoms with E-state index in [2.05, 4.69) is 15.8 Å². The number of hydrogen-bond acceptors (Lipinski definition) is 3. The molecular formula is C7H4FN2O+. The molecule has 4 heteroatoms. The molecule has 2 rings (SSSR count). The lowest BCUT2D eigenvalue weighted by Crippen LogP contribution is -1.91. The zero-order chi connectivity index (χ0) is 7.84. The van der Waals surface area contributed by atoms with Crippen molar-refractivity contribution in [3.63, 3.8) is 0 Å². The molecule has 0 atom stereocenters. The maximum atomic E-state index is 12.9. The first-order valence-electron chi connectivity index (χ1n) is 2.99. The number of nitrogen functional groups attached to an aromatic ring is 1. The first-order chi connectivity index (χ1) is 5.29. The average Bonchev–Trinajstić information content (AvgIpc) is 2.34. The highest BCUT2D eigenvalue weighted by Crippen LogP contribution is 2.29. The van der Waals surface area contributed by atoms with Gasteiger partial charge in [-0.3, -0.25) is 4.52 Å². The molecule has 1 heterocycles. The minimum atomic E-state index is -0.457. The van der Waals surface area contributed by atoms with E-state index in [9.17, 15) is 4.39 Å². The molecule has 0 aliphatic heterocycles. The third-order valence-corrected chi connectivity index (χ3v) is 1.41. The van der Waals surface area contributed by atoms with Crippen molar-refractivity contribution in [1.29, 1.82) is 0 Å². The molecule has 54 valence electrons. The van der Waals surface area contributed by atoms with Crippen LogP contribution in [0.4, 0.5) is 10.2 Å². The van der Waals surface area contributed by atoms with Crippen LogP contribution in [0, 0.1) is 6.08 Å². The van der Waals surface area contributed by atoms with E-state index in [1.807, 2.05) is 0 Å². The summed E-state index contributed by atoms with van der Waals surface area (Å²) in [5, 5.41) is 3.40. The van der Waals surface area contributed by atoms with Crippen molar-refractivity contribution in [2.75, 3.05) is 5.73 Å². The van der Waals surface area contributed by atoms with Gasteiger partial charge in [-0.05, 0) is 5.16 Å². The Labute approximate surface area is 62.0 Å². The lowest BCUT2D eigenvalue weighted by atomic mass is 10.1. The van der Waals surface area contributed by atoms with Gasteiger partial charge in [-0.15, -0.1) is 4.39 Å². The molecule has 3 nitrogen and oxygen atoms in total. The van der Waals surface area contributed by atoms with Gasteiger partial charge in [0.2, 0.25) is 11.4 Å². The van der Waals surface area contributed by atoms with Crippen LogP contribution in [0.25, 0.3) is 11.9 Å². The highest BCUT2D eigenvalue weighted by molar-refractivity contribution is 5.78. The van der Waals surface area contributed by atoms with Crippen LogP contribution in [0.2, 0.25) is 0 Å². The van der Waals surface area contributed by atoms with E-state index in [1.54, 1.807) is 0 Å². The van der Waals surface area contributed by atoms with Crippen LogP contribution in [0.3, 0.4) is 0 Å². The van der Waals surface area contributed by atoms with Crippen LogP contribution >= 0.6 is 0 Å². The third-order valence-electron chi connectivity index (χ3n) is 1.41. The largest absolute Gasteiger partial charge is 0.378 e. The zero-order valence-corrected chi connectivity index (χ0v) is 5.47. The van der Waals surface area contributed by atoms with Crippen molar-refractivity contribution in [2.45, 2.75) is 0 Å². The quantitative estimate of drug-likeness (QED) is 0.570. The summed E-state index contributed by atoms with van der Waals surface area (Å²) in [5.41, 5.74) is 5.54. The van der Waals surface area contributed by atoms with Gasteiger partial charge in [-0.2, -0.15) is 0 Å². The van der Waals surface area contributed by atoms with E-state index < -0.39 is 5.83 Å². The van der Waals surface area contributed by atoms with Crippen molar-refractivity contribution in [3.8, 4) is 0 Å². The normalized spacial score (nSPS) is 13.7. The van der Waals surface area contributed by atoms with Crippen LogP contribution in [-0.2, 0) is 0 Å². The second-order valence-electron chi connectivity index (χ2n) is 2.11. The number of anilines is 1. The van der Waals surface area contributed by atoms with Gasteiger partial charge < -0.3 is 5.73 Å². The Morgan fingerprint density at radius 2 is 2.45 bits per heavy atom. The summed E-state index contributed by atoms with van der Waals surface area (Å²) in [6.07, 6.45) is 5.23.